The molecule has 3 rings (SSSR count). The van der Waals surface area contributed by atoms with E-state index in [1.807, 2.05) is 38.1 Å². The van der Waals surface area contributed by atoms with Crippen molar-refractivity contribution in [2.24, 2.45) is 0 Å². The Labute approximate surface area is 146 Å². The van der Waals surface area contributed by atoms with Gasteiger partial charge in [0.05, 0.1) is 11.4 Å². The molecule has 0 saturated heterocycles. The summed E-state index contributed by atoms with van der Waals surface area (Å²) in [6.45, 7) is 4.23. The van der Waals surface area contributed by atoms with E-state index in [1.54, 1.807) is 18.6 Å². The molecule has 0 atom stereocenters. The van der Waals surface area contributed by atoms with Gasteiger partial charge in [-0.3, -0.25) is 14.8 Å². The summed E-state index contributed by atoms with van der Waals surface area (Å²) in [4.78, 5) is 20.5. The molecule has 0 unspecified atom stereocenters. The van der Waals surface area contributed by atoms with Crippen molar-refractivity contribution in [3.8, 4) is 11.3 Å². The molecule has 0 bridgehead atoms. The number of aromatic nitrogens is 3. The molecule has 0 fully saturated rings. The zero-order chi connectivity index (χ0) is 17.6. The molecule has 0 aliphatic heterocycles. The first kappa shape index (κ1) is 16.8. The van der Waals surface area contributed by atoms with Gasteiger partial charge in [-0.15, -0.1) is 0 Å². The molecule has 0 aromatic carbocycles. The summed E-state index contributed by atoms with van der Waals surface area (Å²) >= 11 is 0. The van der Waals surface area contributed by atoms with Gasteiger partial charge in [0.2, 0.25) is 5.91 Å². The number of carbonyl (C=O) groups is 1. The summed E-state index contributed by atoms with van der Waals surface area (Å²) in [5.74, 6) is 0.781. The summed E-state index contributed by atoms with van der Waals surface area (Å²) in [5.41, 5.74) is 4.74. The maximum Gasteiger partial charge on any atom is 0.220 e. The Hall–Kier alpha value is -3.02. The second-order valence-electron chi connectivity index (χ2n) is 5.86. The van der Waals surface area contributed by atoms with E-state index in [2.05, 4.69) is 20.4 Å². The van der Waals surface area contributed by atoms with E-state index in [0.717, 1.165) is 33.8 Å². The normalized spacial score (nSPS) is 10.6. The Bertz CT molecular complexity index is 839. The van der Waals surface area contributed by atoms with Gasteiger partial charge in [0, 0.05) is 42.7 Å². The monoisotopic (exact) mass is 336 g/mol. The van der Waals surface area contributed by atoms with E-state index in [0.29, 0.717) is 19.4 Å². The highest BCUT2D eigenvalue weighted by atomic mass is 16.5. The average Bonchev–Trinajstić information content (AvgIpc) is 2.97. The van der Waals surface area contributed by atoms with Crippen LogP contribution < -0.4 is 5.32 Å². The number of amides is 1. The summed E-state index contributed by atoms with van der Waals surface area (Å²) in [6.07, 6.45) is 6.26. The van der Waals surface area contributed by atoms with Crippen molar-refractivity contribution in [3.63, 3.8) is 0 Å². The zero-order valence-corrected chi connectivity index (χ0v) is 14.3. The van der Waals surface area contributed by atoms with Crippen LogP contribution in [0.4, 0.5) is 0 Å². The van der Waals surface area contributed by atoms with Crippen molar-refractivity contribution >= 4 is 5.91 Å². The van der Waals surface area contributed by atoms with Crippen LogP contribution in [0.1, 0.15) is 29.0 Å². The molecule has 3 aromatic heterocycles. The SMILES string of the molecule is Cc1noc(C)c1CCC(=O)NCc1ccnc(-c2ccncc2)c1. The minimum atomic E-state index is 0.00210. The molecule has 1 N–H and O–H groups in total. The van der Waals surface area contributed by atoms with Gasteiger partial charge in [0.15, 0.2) is 0 Å². The van der Waals surface area contributed by atoms with Crippen LogP contribution in [0, 0.1) is 13.8 Å². The largest absolute Gasteiger partial charge is 0.361 e. The molecule has 128 valence electrons. The smallest absolute Gasteiger partial charge is 0.220 e. The quantitative estimate of drug-likeness (QED) is 0.748. The highest BCUT2D eigenvalue weighted by Gasteiger charge is 2.11. The molecule has 3 heterocycles. The summed E-state index contributed by atoms with van der Waals surface area (Å²) in [5, 5.41) is 6.86. The highest BCUT2D eigenvalue weighted by molar-refractivity contribution is 5.76. The maximum absolute atomic E-state index is 12.1. The van der Waals surface area contributed by atoms with Gasteiger partial charge in [-0.1, -0.05) is 5.16 Å². The molecular weight excluding hydrogens is 316 g/mol. The summed E-state index contributed by atoms with van der Waals surface area (Å²) in [6, 6.07) is 7.70. The van der Waals surface area contributed by atoms with Gasteiger partial charge < -0.3 is 9.84 Å². The summed E-state index contributed by atoms with van der Waals surface area (Å²) in [7, 11) is 0. The molecule has 6 heteroatoms. The lowest BCUT2D eigenvalue weighted by molar-refractivity contribution is -0.121. The van der Waals surface area contributed by atoms with Crippen LogP contribution in [0.5, 0.6) is 0 Å². The molecule has 6 nitrogen and oxygen atoms in total. The number of carbonyl (C=O) groups excluding carboxylic acids is 1. The standard InChI is InChI=1S/C19H20N4O2/c1-13-17(14(2)25-23-13)3-4-19(24)22-12-15-5-10-21-18(11-15)16-6-8-20-9-7-16/h5-11H,3-4,12H2,1-2H3,(H,22,24). The fraction of sp³-hybridized carbons (Fsp3) is 0.263. The Kier molecular flexibility index (Phi) is 5.18. The lowest BCUT2D eigenvalue weighted by Gasteiger charge is -2.07. The molecule has 0 radical (unpaired) electrons. The second-order valence-corrected chi connectivity index (χ2v) is 5.86. The van der Waals surface area contributed by atoms with Crippen LogP contribution in [0.3, 0.4) is 0 Å². The van der Waals surface area contributed by atoms with Crippen LogP contribution in [0.25, 0.3) is 11.3 Å². The third kappa shape index (κ3) is 4.29. The van der Waals surface area contributed by atoms with Gasteiger partial charge in [0.25, 0.3) is 0 Å². The maximum atomic E-state index is 12.1. The first-order valence-corrected chi connectivity index (χ1v) is 8.17. The van der Waals surface area contributed by atoms with Crippen molar-refractivity contribution < 1.29 is 9.32 Å². The average molecular weight is 336 g/mol. The first-order chi connectivity index (χ1) is 12.1. The van der Waals surface area contributed by atoms with Crippen molar-refractivity contribution in [2.45, 2.75) is 33.2 Å². The Morgan fingerprint density at radius 1 is 1.16 bits per heavy atom. The van der Waals surface area contributed by atoms with Gasteiger partial charge in [-0.25, -0.2) is 0 Å². The molecule has 3 aromatic rings. The fourth-order valence-electron chi connectivity index (χ4n) is 2.65. The number of rotatable bonds is 6. The van der Waals surface area contributed by atoms with Crippen molar-refractivity contribution in [1.82, 2.24) is 20.4 Å². The van der Waals surface area contributed by atoms with Crippen molar-refractivity contribution in [2.75, 3.05) is 0 Å². The van der Waals surface area contributed by atoms with E-state index in [-0.39, 0.29) is 5.91 Å². The topological polar surface area (TPSA) is 80.9 Å². The van der Waals surface area contributed by atoms with E-state index < -0.39 is 0 Å². The Morgan fingerprint density at radius 2 is 1.96 bits per heavy atom. The zero-order valence-electron chi connectivity index (χ0n) is 14.3. The van der Waals surface area contributed by atoms with Gasteiger partial charge in [-0.05, 0) is 50.1 Å². The van der Waals surface area contributed by atoms with Crippen LogP contribution in [-0.2, 0) is 17.8 Å². The molecule has 0 aliphatic carbocycles. The van der Waals surface area contributed by atoms with E-state index in [4.69, 9.17) is 4.52 Å². The number of pyridine rings is 2. The molecule has 0 aliphatic rings. The fourth-order valence-corrected chi connectivity index (χ4v) is 2.65. The van der Waals surface area contributed by atoms with E-state index >= 15 is 0 Å². The lowest BCUT2D eigenvalue weighted by atomic mass is 10.1. The number of hydrogen-bond donors (Lipinski definition) is 1. The Morgan fingerprint density at radius 3 is 2.68 bits per heavy atom. The summed E-state index contributed by atoms with van der Waals surface area (Å²) < 4.78 is 5.12. The predicted molar refractivity (Wildman–Crippen MR) is 93.6 cm³/mol. The lowest BCUT2D eigenvalue weighted by Crippen LogP contribution is -2.23. The number of nitrogens with zero attached hydrogens (tertiary/aromatic N) is 3. The number of hydrogen-bond acceptors (Lipinski definition) is 5. The van der Waals surface area contributed by atoms with Gasteiger partial charge in [-0.2, -0.15) is 0 Å². The van der Waals surface area contributed by atoms with Crippen LogP contribution >= 0.6 is 0 Å². The molecule has 1 amide bonds. The van der Waals surface area contributed by atoms with Crippen molar-refractivity contribution in [3.05, 3.63) is 65.4 Å². The first-order valence-electron chi connectivity index (χ1n) is 8.17. The van der Waals surface area contributed by atoms with Crippen LogP contribution in [0.15, 0.2) is 47.4 Å². The second kappa shape index (κ2) is 7.70. The van der Waals surface area contributed by atoms with Crippen LogP contribution in [-0.4, -0.2) is 21.0 Å². The third-order valence-electron chi connectivity index (χ3n) is 4.07. The third-order valence-corrected chi connectivity index (χ3v) is 4.07. The molecule has 0 saturated carbocycles. The van der Waals surface area contributed by atoms with Crippen molar-refractivity contribution in [1.29, 1.82) is 0 Å². The van der Waals surface area contributed by atoms with E-state index in [9.17, 15) is 4.79 Å². The van der Waals surface area contributed by atoms with Crippen LogP contribution in [0.2, 0.25) is 0 Å². The molecule has 25 heavy (non-hydrogen) atoms. The predicted octanol–water partition coefficient (Wildman–Crippen LogP) is 3.00. The van der Waals surface area contributed by atoms with E-state index in [1.165, 1.54) is 0 Å². The Balaban J connectivity index is 1.56. The van der Waals surface area contributed by atoms with Gasteiger partial charge in [0.1, 0.15) is 5.76 Å². The highest BCUT2D eigenvalue weighted by Crippen LogP contribution is 2.17. The minimum absolute atomic E-state index is 0.00210. The minimum Gasteiger partial charge on any atom is -0.361 e. The molecular formula is C19H20N4O2. The number of nitrogens with one attached hydrogen (secondary N) is 1. The number of aryl methyl sites for hydroxylation is 2. The van der Waals surface area contributed by atoms with Gasteiger partial charge >= 0.3 is 0 Å². The molecule has 0 spiro atoms.